The predicted molar refractivity (Wildman–Crippen MR) is 63.6 cm³/mol. The van der Waals surface area contributed by atoms with Crippen LogP contribution in [0, 0.1) is 0 Å². The number of carbonyl (C=O) groups is 1. The fourth-order valence-corrected chi connectivity index (χ4v) is 1.67. The van der Waals surface area contributed by atoms with Gasteiger partial charge in [-0.15, -0.1) is 0 Å². The topological polar surface area (TPSA) is 59.8 Å². The molecule has 0 aliphatic carbocycles. The van der Waals surface area contributed by atoms with Crippen LogP contribution in [0.25, 0.3) is 5.69 Å². The molecule has 1 aromatic carbocycles. The fraction of sp³-hybridized carbons (Fsp3) is 0.250. The van der Waals surface area contributed by atoms with Crippen LogP contribution in [0.3, 0.4) is 0 Å². The Morgan fingerprint density at radius 3 is 2.94 bits per heavy atom. The fourth-order valence-electron chi connectivity index (χ4n) is 1.67. The van der Waals surface area contributed by atoms with E-state index in [1.807, 2.05) is 31.2 Å². The van der Waals surface area contributed by atoms with Crippen molar-refractivity contribution in [2.45, 2.75) is 19.9 Å². The second-order valence-corrected chi connectivity index (χ2v) is 3.86. The van der Waals surface area contributed by atoms with Gasteiger partial charge >= 0.3 is 0 Å². The molecule has 88 valence electrons. The summed E-state index contributed by atoms with van der Waals surface area (Å²) in [4.78, 5) is 14.9. The zero-order valence-corrected chi connectivity index (χ0v) is 9.79. The number of amides is 1. The lowest BCUT2D eigenvalue weighted by atomic mass is 10.1. The SMILES string of the molecule is CC(=O)NC(C)c1cccc(-n2cncn2)c1. The zero-order chi connectivity index (χ0) is 12.3. The number of hydrogen-bond donors (Lipinski definition) is 1. The number of nitrogens with zero attached hydrogens (tertiary/aromatic N) is 3. The van der Waals surface area contributed by atoms with Crippen molar-refractivity contribution in [3.05, 3.63) is 42.5 Å². The molecule has 0 fully saturated rings. The molecular formula is C12H14N4O. The largest absolute Gasteiger partial charge is 0.350 e. The van der Waals surface area contributed by atoms with Gasteiger partial charge in [-0.25, -0.2) is 9.67 Å². The molecule has 17 heavy (non-hydrogen) atoms. The monoisotopic (exact) mass is 230 g/mol. The molecule has 1 aromatic heterocycles. The lowest BCUT2D eigenvalue weighted by molar-refractivity contribution is -0.119. The summed E-state index contributed by atoms with van der Waals surface area (Å²) in [7, 11) is 0. The Labute approximate surface area is 99.5 Å². The van der Waals surface area contributed by atoms with E-state index < -0.39 is 0 Å². The number of nitrogens with one attached hydrogen (secondary N) is 1. The quantitative estimate of drug-likeness (QED) is 0.868. The third kappa shape index (κ3) is 2.69. The second kappa shape index (κ2) is 4.78. The molecule has 0 saturated carbocycles. The molecule has 0 aliphatic heterocycles. The minimum atomic E-state index is -0.0383. The third-order valence-corrected chi connectivity index (χ3v) is 2.47. The molecule has 0 aliphatic rings. The molecule has 1 heterocycles. The van der Waals surface area contributed by atoms with Crippen molar-refractivity contribution in [3.8, 4) is 5.69 Å². The Balaban J connectivity index is 2.25. The molecule has 5 heteroatoms. The Kier molecular flexibility index (Phi) is 3.18. The molecule has 5 nitrogen and oxygen atoms in total. The van der Waals surface area contributed by atoms with E-state index in [4.69, 9.17) is 0 Å². The predicted octanol–water partition coefficient (Wildman–Crippen LogP) is 1.46. The molecule has 0 bridgehead atoms. The van der Waals surface area contributed by atoms with Crippen LogP contribution >= 0.6 is 0 Å². The lowest BCUT2D eigenvalue weighted by Crippen LogP contribution is -2.23. The van der Waals surface area contributed by atoms with Crippen molar-refractivity contribution in [3.63, 3.8) is 0 Å². The number of carbonyl (C=O) groups excluding carboxylic acids is 1. The molecule has 1 N–H and O–H groups in total. The summed E-state index contributed by atoms with van der Waals surface area (Å²) < 4.78 is 1.68. The van der Waals surface area contributed by atoms with Crippen LogP contribution in [0.5, 0.6) is 0 Å². The van der Waals surface area contributed by atoms with E-state index in [1.54, 1.807) is 11.0 Å². The van der Waals surface area contributed by atoms with Gasteiger partial charge in [0, 0.05) is 6.92 Å². The molecule has 1 amide bonds. The van der Waals surface area contributed by atoms with Gasteiger partial charge in [-0.1, -0.05) is 12.1 Å². The van der Waals surface area contributed by atoms with Gasteiger partial charge in [-0.3, -0.25) is 4.79 Å². The van der Waals surface area contributed by atoms with Gasteiger partial charge in [-0.05, 0) is 24.6 Å². The standard InChI is InChI=1S/C12H14N4O/c1-9(15-10(2)17)11-4-3-5-12(6-11)16-8-13-7-14-16/h3-9H,1-2H3,(H,15,17). The Morgan fingerprint density at radius 1 is 1.47 bits per heavy atom. The maximum atomic E-state index is 11.0. The highest BCUT2D eigenvalue weighted by Crippen LogP contribution is 2.15. The smallest absolute Gasteiger partial charge is 0.217 e. The first kappa shape index (κ1) is 11.3. The van der Waals surface area contributed by atoms with E-state index in [2.05, 4.69) is 15.4 Å². The minimum Gasteiger partial charge on any atom is -0.350 e. The molecule has 1 atom stereocenters. The first-order chi connectivity index (χ1) is 8.16. The molecule has 2 aromatic rings. The number of hydrogen-bond acceptors (Lipinski definition) is 3. The van der Waals surface area contributed by atoms with Crippen LogP contribution < -0.4 is 5.32 Å². The number of aromatic nitrogens is 3. The first-order valence-corrected chi connectivity index (χ1v) is 5.39. The molecular weight excluding hydrogens is 216 g/mol. The summed E-state index contributed by atoms with van der Waals surface area (Å²) in [5, 5.41) is 6.91. The van der Waals surface area contributed by atoms with Gasteiger partial charge < -0.3 is 5.32 Å². The summed E-state index contributed by atoms with van der Waals surface area (Å²) in [5.74, 6) is -0.0383. The van der Waals surface area contributed by atoms with Gasteiger partial charge in [-0.2, -0.15) is 5.10 Å². The summed E-state index contributed by atoms with van der Waals surface area (Å²) in [6, 6.07) is 7.82. The molecule has 1 unspecified atom stereocenters. The van der Waals surface area contributed by atoms with Gasteiger partial charge in [0.1, 0.15) is 12.7 Å². The summed E-state index contributed by atoms with van der Waals surface area (Å²) >= 11 is 0. The highest BCUT2D eigenvalue weighted by molar-refractivity contribution is 5.73. The lowest BCUT2D eigenvalue weighted by Gasteiger charge is -2.13. The van der Waals surface area contributed by atoms with Crippen molar-refractivity contribution >= 4 is 5.91 Å². The first-order valence-electron chi connectivity index (χ1n) is 5.39. The highest BCUT2D eigenvalue weighted by Gasteiger charge is 2.07. The van der Waals surface area contributed by atoms with Crippen molar-refractivity contribution < 1.29 is 4.79 Å². The normalized spacial score (nSPS) is 12.1. The highest BCUT2D eigenvalue weighted by atomic mass is 16.1. The van der Waals surface area contributed by atoms with Gasteiger partial charge in [0.25, 0.3) is 0 Å². The summed E-state index contributed by atoms with van der Waals surface area (Å²) in [6.07, 6.45) is 3.13. The third-order valence-electron chi connectivity index (χ3n) is 2.47. The molecule has 2 rings (SSSR count). The van der Waals surface area contributed by atoms with Crippen molar-refractivity contribution in [2.75, 3.05) is 0 Å². The average Bonchev–Trinajstić information content (AvgIpc) is 2.82. The Hall–Kier alpha value is -2.17. The van der Waals surface area contributed by atoms with E-state index in [0.29, 0.717) is 0 Å². The van der Waals surface area contributed by atoms with E-state index in [9.17, 15) is 4.79 Å². The van der Waals surface area contributed by atoms with Crippen LogP contribution in [-0.4, -0.2) is 20.7 Å². The van der Waals surface area contributed by atoms with Crippen molar-refractivity contribution in [2.24, 2.45) is 0 Å². The van der Waals surface area contributed by atoms with E-state index in [0.717, 1.165) is 11.3 Å². The Bertz CT molecular complexity index is 507. The van der Waals surface area contributed by atoms with Gasteiger partial charge in [0.15, 0.2) is 0 Å². The maximum Gasteiger partial charge on any atom is 0.217 e. The molecule has 0 spiro atoms. The maximum absolute atomic E-state index is 11.0. The van der Waals surface area contributed by atoms with Gasteiger partial charge in [0.2, 0.25) is 5.91 Å². The van der Waals surface area contributed by atoms with Crippen LogP contribution in [-0.2, 0) is 4.79 Å². The number of rotatable bonds is 3. The van der Waals surface area contributed by atoms with Crippen LogP contribution in [0.15, 0.2) is 36.9 Å². The van der Waals surface area contributed by atoms with Crippen LogP contribution in [0.1, 0.15) is 25.5 Å². The molecule has 0 radical (unpaired) electrons. The molecule has 0 saturated heterocycles. The number of benzene rings is 1. The van der Waals surface area contributed by atoms with E-state index >= 15 is 0 Å². The Morgan fingerprint density at radius 2 is 2.29 bits per heavy atom. The average molecular weight is 230 g/mol. The van der Waals surface area contributed by atoms with Gasteiger partial charge in [0.05, 0.1) is 11.7 Å². The van der Waals surface area contributed by atoms with Crippen molar-refractivity contribution in [1.82, 2.24) is 20.1 Å². The zero-order valence-electron chi connectivity index (χ0n) is 9.79. The summed E-state index contributed by atoms with van der Waals surface area (Å²) in [5.41, 5.74) is 1.96. The van der Waals surface area contributed by atoms with Crippen LogP contribution in [0.4, 0.5) is 0 Å². The van der Waals surface area contributed by atoms with Crippen molar-refractivity contribution in [1.29, 1.82) is 0 Å². The van der Waals surface area contributed by atoms with E-state index in [-0.39, 0.29) is 11.9 Å². The summed E-state index contributed by atoms with van der Waals surface area (Å²) in [6.45, 7) is 3.46. The second-order valence-electron chi connectivity index (χ2n) is 3.86. The van der Waals surface area contributed by atoms with Crippen LogP contribution in [0.2, 0.25) is 0 Å². The minimum absolute atomic E-state index is 0.0176. The van der Waals surface area contributed by atoms with E-state index in [1.165, 1.54) is 13.3 Å².